The fourth-order valence-corrected chi connectivity index (χ4v) is 3.02. The van der Waals surface area contributed by atoms with Gasteiger partial charge in [-0.15, -0.1) is 0 Å². The van der Waals surface area contributed by atoms with Gasteiger partial charge in [0.05, 0.1) is 17.1 Å². The van der Waals surface area contributed by atoms with E-state index >= 15 is 0 Å². The van der Waals surface area contributed by atoms with E-state index in [1.165, 1.54) is 11.1 Å². The highest BCUT2D eigenvalue weighted by Crippen LogP contribution is 2.26. The van der Waals surface area contributed by atoms with Crippen molar-refractivity contribution in [3.05, 3.63) is 63.4 Å². The second kappa shape index (κ2) is 5.08. The largest absolute Gasteiger partial charge is 0.331 e. The molecule has 0 bridgehead atoms. The van der Waals surface area contributed by atoms with Gasteiger partial charge in [-0.05, 0) is 49.8 Å². The number of imidazole rings is 1. The predicted octanol–water partition coefficient (Wildman–Crippen LogP) is 5.27. The highest BCUT2D eigenvalue weighted by Gasteiger charge is 2.13. The minimum Gasteiger partial charge on any atom is -0.331 e. The number of aryl methyl sites for hydroxylation is 1. The van der Waals surface area contributed by atoms with Crippen LogP contribution in [0.1, 0.15) is 24.1 Å². The third-order valence-corrected chi connectivity index (χ3v) is 4.16. The molecule has 3 aromatic rings. The fourth-order valence-electron chi connectivity index (χ4n) is 2.48. The molecule has 2 nitrogen and oxygen atoms in total. The van der Waals surface area contributed by atoms with Crippen molar-refractivity contribution in [2.75, 3.05) is 0 Å². The van der Waals surface area contributed by atoms with Crippen LogP contribution in [0.3, 0.4) is 0 Å². The van der Waals surface area contributed by atoms with Crippen molar-refractivity contribution in [2.45, 2.75) is 19.9 Å². The van der Waals surface area contributed by atoms with Crippen LogP contribution in [0.5, 0.6) is 0 Å². The summed E-state index contributed by atoms with van der Waals surface area (Å²) in [4.78, 5) is 3.22. The van der Waals surface area contributed by atoms with Gasteiger partial charge < -0.3 is 9.55 Å². The van der Waals surface area contributed by atoms with Gasteiger partial charge in [0, 0.05) is 5.02 Å². The van der Waals surface area contributed by atoms with Gasteiger partial charge in [-0.2, -0.15) is 0 Å². The molecule has 0 spiro atoms. The van der Waals surface area contributed by atoms with E-state index in [4.69, 9.17) is 23.8 Å². The zero-order valence-electron chi connectivity index (χ0n) is 11.4. The van der Waals surface area contributed by atoms with Crippen LogP contribution in [0.25, 0.3) is 11.0 Å². The number of hydrogen-bond acceptors (Lipinski definition) is 1. The minimum absolute atomic E-state index is 0.179. The summed E-state index contributed by atoms with van der Waals surface area (Å²) in [5.41, 5.74) is 4.55. The Morgan fingerprint density at radius 2 is 1.85 bits per heavy atom. The number of aromatic amines is 1. The van der Waals surface area contributed by atoms with Gasteiger partial charge in [0.2, 0.25) is 0 Å². The Morgan fingerprint density at radius 3 is 2.55 bits per heavy atom. The van der Waals surface area contributed by atoms with Gasteiger partial charge in [-0.1, -0.05) is 41.4 Å². The van der Waals surface area contributed by atoms with Crippen LogP contribution >= 0.6 is 23.8 Å². The first-order chi connectivity index (χ1) is 9.56. The number of nitrogens with zero attached hydrogens (tertiary/aromatic N) is 1. The van der Waals surface area contributed by atoms with Crippen LogP contribution in [0.2, 0.25) is 5.02 Å². The molecular weight excluding hydrogens is 288 g/mol. The van der Waals surface area contributed by atoms with Crippen LogP contribution in [0.15, 0.2) is 42.5 Å². The quantitative estimate of drug-likeness (QED) is 0.640. The Morgan fingerprint density at radius 1 is 1.15 bits per heavy atom. The molecule has 4 heteroatoms. The van der Waals surface area contributed by atoms with Crippen LogP contribution in [0, 0.1) is 11.7 Å². The predicted molar refractivity (Wildman–Crippen MR) is 87.1 cm³/mol. The summed E-state index contributed by atoms with van der Waals surface area (Å²) in [7, 11) is 0. The molecule has 0 saturated carbocycles. The van der Waals surface area contributed by atoms with E-state index in [-0.39, 0.29) is 6.04 Å². The van der Waals surface area contributed by atoms with Crippen LogP contribution in [-0.2, 0) is 0 Å². The summed E-state index contributed by atoms with van der Waals surface area (Å²) in [6, 6.07) is 14.5. The first-order valence-electron chi connectivity index (χ1n) is 6.52. The molecule has 0 amide bonds. The third-order valence-electron chi connectivity index (χ3n) is 3.63. The average molecular weight is 303 g/mol. The van der Waals surface area contributed by atoms with Gasteiger partial charge in [0.25, 0.3) is 0 Å². The molecule has 1 atom stereocenters. The molecule has 0 saturated heterocycles. The van der Waals surface area contributed by atoms with E-state index < -0.39 is 0 Å². The number of halogens is 1. The normalized spacial score (nSPS) is 12.8. The van der Waals surface area contributed by atoms with E-state index in [2.05, 4.69) is 47.7 Å². The minimum atomic E-state index is 0.179. The van der Waals surface area contributed by atoms with Crippen molar-refractivity contribution in [3.63, 3.8) is 0 Å². The summed E-state index contributed by atoms with van der Waals surface area (Å²) in [6.07, 6.45) is 0. The molecule has 0 aliphatic carbocycles. The molecule has 20 heavy (non-hydrogen) atoms. The van der Waals surface area contributed by atoms with E-state index in [0.717, 1.165) is 15.8 Å². The molecule has 1 unspecified atom stereocenters. The lowest BCUT2D eigenvalue weighted by Crippen LogP contribution is -2.06. The molecule has 0 fully saturated rings. The van der Waals surface area contributed by atoms with Crippen molar-refractivity contribution < 1.29 is 0 Å². The lowest BCUT2D eigenvalue weighted by Gasteiger charge is -2.15. The Hall–Kier alpha value is -1.58. The van der Waals surface area contributed by atoms with Gasteiger partial charge in [0.1, 0.15) is 0 Å². The van der Waals surface area contributed by atoms with E-state index in [0.29, 0.717) is 5.02 Å². The number of nitrogens with one attached hydrogen (secondary N) is 1. The first kappa shape index (κ1) is 13.4. The fraction of sp³-hybridized carbons (Fsp3) is 0.188. The standard InChI is InChI=1S/C16H15ClN2S/c1-10-3-5-12(6-4-10)11(2)19-15-8-7-13(17)9-14(15)18-16(19)20/h3-9,11H,1-2H3,(H,18,20). The second-order valence-corrected chi connectivity index (χ2v) is 5.87. The number of benzene rings is 2. The average Bonchev–Trinajstić information content (AvgIpc) is 2.73. The molecule has 1 aromatic heterocycles. The monoisotopic (exact) mass is 302 g/mol. The third kappa shape index (κ3) is 2.28. The van der Waals surface area contributed by atoms with E-state index in [1.807, 2.05) is 18.2 Å². The Bertz CT molecular complexity index is 815. The molecular formula is C16H15ClN2S. The first-order valence-corrected chi connectivity index (χ1v) is 7.31. The maximum Gasteiger partial charge on any atom is 0.178 e. The second-order valence-electron chi connectivity index (χ2n) is 5.05. The van der Waals surface area contributed by atoms with Gasteiger partial charge in [-0.25, -0.2) is 0 Å². The molecule has 1 N–H and O–H groups in total. The van der Waals surface area contributed by atoms with Crippen LogP contribution < -0.4 is 0 Å². The van der Waals surface area contributed by atoms with Crippen molar-refractivity contribution in [1.82, 2.24) is 9.55 Å². The SMILES string of the molecule is Cc1ccc(C(C)n2c(=S)[nH]c3cc(Cl)ccc32)cc1. The topological polar surface area (TPSA) is 20.7 Å². The highest BCUT2D eigenvalue weighted by molar-refractivity contribution is 7.71. The molecule has 0 radical (unpaired) electrons. The maximum atomic E-state index is 6.03. The molecule has 3 rings (SSSR count). The number of H-pyrrole nitrogens is 1. The van der Waals surface area contributed by atoms with E-state index in [9.17, 15) is 0 Å². The van der Waals surface area contributed by atoms with Crippen molar-refractivity contribution in [2.24, 2.45) is 0 Å². The lowest BCUT2D eigenvalue weighted by atomic mass is 10.1. The zero-order valence-corrected chi connectivity index (χ0v) is 12.9. The molecule has 0 aliphatic rings. The Balaban J connectivity index is 2.16. The summed E-state index contributed by atoms with van der Waals surface area (Å²) < 4.78 is 2.85. The number of hydrogen-bond donors (Lipinski definition) is 1. The summed E-state index contributed by atoms with van der Waals surface area (Å²) in [6.45, 7) is 4.25. The summed E-state index contributed by atoms with van der Waals surface area (Å²) in [5.74, 6) is 0. The van der Waals surface area contributed by atoms with Gasteiger partial charge >= 0.3 is 0 Å². The van der Waals surface area contributed by atoms with Crippen molar-refractivity contribution in [3.8, 4) is 0 Å². The molecule has 1 heterocycles. The molecule has 0 aliphatic heterocycles. The maximum absolute atomic E-state index is 6.03. The molecule has 2 aromatic carbocycles. The number of fused-ring (bicyclic) bond motifs is 1. The van der Waals surface area contributed by atoms with E-state index in [1.54, 1.807) is 0 Å². The summed E-state index contributed by atoms with van der Waals surface area (Å²) >= 11 is 11.5. The highest BCUT2D eigenvalue weighted by atomic mass is 35.5. The van der Waals surface area contributed by atoms with Crippen LogP contribution in [-0.4, -0.2) is 9.55 Å². The van der Waals surface area contributed by atoms with Gasteiger partial charge in [-0.3, -0.25) is 0 Å². The summed E-state index contributed by atoms with van der Waals surface area (Å²) in [5, 5.41) is 0.712. The van der Waals surface area contributed by atoms with Crippen LogP contribution in [0.4, 0.5) is 0 Å². The Kier molecular flexibility index (Phi) is 3.40. The number of rotatable bonds is 2. The lowest BCUT2D eigenvalue weighted by molar-refractivity contribution is 0.649. The van der Waals surface area contributed by atoms with Gasteiger partial charge in [0.15, 0.2) is 4.77 Å². The van der Waals surface area contributed by atoms with Crippen molar-refractivity contribution in [1.29, 1.82) is 0 Å². The zero-order chi connectivity index (χ0) is 14.3. The Labute approximate surface area is 128 Å². The molecule has 102 valence electrons. The number of aromatic nitrogens is 2. The van der Waals surface area contributed by atoms with Crippen molar-refractivity contribution >= 4 is 34.9 Å². The smallest absolute Gasteiger partial charge is 0.178 e.